The van der Waals surface area contributed by atoms with Crippen molar-refractivity contribution < 1.29 is 14.7 Å². The Morgan fingerprint density at radius 1 is 1.22 bits per heavy atom. The van der Waals surface area contributed by atoms with Gasteiger partial charge in [0.25, 0.3) is 0 Å². The second-order valence-corrected chi connectivity index (χ2v) is 5.79. The summed E-state index contributed by atoms with van der Waals surface area (Å²) in [6.45, 7) is 4.01. The Kier molecular flexibility index (Phi) is 3.64. The van der Waals surface area contributed by atoms with Crippen molar-refractivity contribution in [3.05, 3.63) is 0 Å². The Labute approximate surface area is 108 Å². The first-order chi connectivity index (χ1) is 8.55. The van der Waals surface area contributed by atoms with Gasteiger partial charge in [0, 0.05) is 12.5 Å². The third-order valence-corrected chi connectivity index (χ3v) is 5.12. The molecule has 2 aliphatic rings. The van der Waals surface area contributed by atoms with Crippen LogP contribution in [0.1, 0.15) is 46.0 Å². The van der Waals surface area contributed by atoms with E-state index in [-0.39, 0.29) is 18.4 Å². The van der Waals surface area contributed by atoms with E-state index in [1.807, 2.05) is 13.8 Å². The third kappa shape index (κ3) is 2.13. The van der Waals surface area contributed by atoms with Gasteiger partial charge in [-0.25, -0.2) is 0 Å². The minimum Gasteiger partial charge on any atom is -0.481 e. The number of nitrogens with one attached hydrogen (secondary N) is 1. The molecule has 102 valence electrons. The molecule has 0 spiro atoms. The largest absolute Gasteiger partial charge is 0.481 e. The lowest BCUT2D eigenvalue weighted by atomic mass is 9.82. The average Bonchev–Trinajstić information content (AvgIpc) is 2.84. The van der Waals surface area contributed by atoms with Crippen molar-refractivity contribution in [1.82, 2.24) is 5.32 Å². The topological polar surface area (TPSA) is 66.4 Å². The summed E-state index contributed by atoms with van der Waals surface area (Å²) in [5.74, 6) is 0.639. The van der Waals surface area contributed by atoms with Crippen LogP contribution in [0.25, 0.3) is 0 Å². The number of carbonyl (C=O) groups excluding carboxylic acids is 1. The number of aliphatic carboxylic acids is 1. The summed E-state index contributed by atoms with van der Waals surface area (Å²) < 4.78 is 0. The molecule has 2 aliphatic carbocycles. The Hall–Kier alpha value is -1.06. The molecule has 18 heavy (non-hydrogen) atoms. The Morgan fingerprint density at radius 3 is 2.22 bits per heavy atom. The van der Waals surface area contributed by atoms with E-state index in [0.717, 1.165) is 0 Å². The summed E-state index contributed by atoms with van der Waals surface area (Å²) in [5.41, 5.74) is -0.792. The van der Waals surface area contributed by atoms with E-state index in [0.29, 0.717) is 24.7 Å². The summed E-state index contributed by atoms with van der Waals surface area (Å²) >= 11 is 0. The van der Waals surface area contributed by atoms with Crippen LogP contribution in [-0.2, 0) is 9.59 Å². The first-order valence-corrected chi connectivity index (χ1v) is 7.07. The number of amides is 1. The fourth-order valence-corrected chi connectivity index (χ4v) is 3.46. The standard InChI is InChI=1S/C14H23NO3/c1-3-14(4-2,13(17)18)8-15-12(16)11-9-6-5-7-10(9)11/h9-11H,3-8H2,1-2H3,(H,15,16)(H,17,18)/t9-,10-/m0/s1. The van der Waals surface area contributed by atoms with Gasteiger partial charge in [-0.2, -0.15) is 0 Å². The van der Waals surface area contributed by atoms with Crippen LogP contribution in [-0.4, -0.2) is 23.5 Å². The van der Waals surface area contributed by atoms with E-state index >= 15 is 0 Å². The van der Waals surface area contributed by atoms with E-state index in [1.165, 1.54) is 19.3 Å². The predicted octanol–water partition coefficient (Wildman–Crippen LogP) is 2.04. The average molecular weight is 253 g/mol. The van der Waals surface area contributed by atoms with E-state index in [1.54, 1.807) is 0 Å². The summed E-state index contributed by atoms with van der Waals surface area (Å²) in [5, 5.41) is 12.2. The molecule has 0 aromatic rings. The maximum absolute atomic E-state index is 12.0. The molecule has 0 unspecified atom stereocenters. The maximum Gasteiger partial charge on any atom is 0.311 e. The van der Waals surface area contributed by atoms with Crippen LogP contribution in [0.2, 0.25) is 0 Å². The number of carboxylic acid groups (broad SMARTS) is 1. The fourth-order valence-electron chi connectivity index (χ4n) is 3.46. The Balaban J connectivity index is 1.86. The Morgan fingerprint density at radius 2 is 1.78 bits per heavy atom. The number of carboxylic acids is 1. The van der Waals surface area contributed by atoms with Gasteiger partial charge in [-0.15, -0.1) is 0 Å². The molecule has 1 amide bonds. The number of rotatable bonds is 6. The van der Waals surface area contributed by atoms with E-state index in [2.05, 4.69) is 5.32 Å². The van der Waals surface area contributed by atoms with Crippen molar-refractivity contribution in [2.75, 3.05) is 6.54 Å². The van der Waals surface area contributed by atoms with Crippen molar-refractivity contribution in [2.24, 2.45) is 23.2 Å². The van der Waals surface area contributed by atoms with Crippen LogP contribution in [0.3, 0.4) is 0 Å². The van der Waals surface area contributed by atoms with Crippen molar-refractivity contribution in [3.63, 3.8) is 0 Å². The molecule has 0 aromatic carbocycles. The zero-order valence-electron chi connectivity index (χ0n) is 11.2. The van der Waals surface area contributed by atoms with Crippen LogP contribution in [0.15, 0.2) is 0 Å². The molecule has 0 saturated heterocycles. The van der Waals surface area contributed by atoms with Gasteiger partial charge in [-0.05, 0) is 37.5 Å². The summed E-state index contributed by atoms with van der Waals surface area (Å²) in [6, 6.07) is 0. The number of hydrogen-bond acceptors (Lipinski definition) is 2. The first-order valence-electron chi connectivity index (χ1n) is 7.07. The highest BCUT2D eigenvalue weighted by Crippen LogP contribution is 2.57. The molecular formula is C14H23NO3. The van der Waals surface area contributed by atoms with Gasteiger partial charge in [-0.1, -0.05) is 20.3 Å². The highest BCUT2D eigenvalue weighted by Gasteiger charge is 2.56. The van der Waals surface area contributed by atoms with Gasteiger partial charge in [0.15, 0.2) is 0 Å². The third-order valence-electron chi connectivity index (χ3n) is 5.12. The van der Waals surface area contributed by atoms with Gasteiger partial charge in [0.1, 0.15) is 0 Å². The summed E-state index contributed by atoms with van der Waals surface area (Å²) in [7, 11) is 0. The molecule has 0 bridgehead atoms. The number of hydrogen-bond donors (Lipinski definition) is 2. The smallest absolute Gasteiger partial charge is 0.311 e. The first kappa shape index (κ1) is 13.4. The summed E-state index contributed by atoms with van der Waals surface area (Å²) in [6.07, 6.45) is 4.71. The van der Waals surface area contributed by atoms with Gasteiger partial charge in [-0.3, -0.25) is 9.59 Å². The van der Waals surface area contributed by atoms with Gasteiger partial charge in [0.05, 0.1) is 5.41 Å². The van der Waals surface area contributed by atoms with Crippen molar-refractivity contribution in [2.45, 2.75) is 46.0 Å². The van der Waals surface area contributed by atoms with E-state index in [9.17, 15) is 14.7 Å². The van der Waals surface area contributed by atoms with Crippen LogP contribution in [0.5, 0.6) is 0 Å². The van der Waals surface area contributed by atoms with Crippen molar-refractivity contribution in [3.8, 4) is 0 Å². The van der Waals surface area contributed by atoms with Crippen LogP contribution in [0, 0.1) is 23.2 Å². The molecule has 4 heteroatoms. The quantitative estimate of drug-likeness (QED) is 0.761. The second kappa shape index (κ2) is 4.90. The highest BCUT2D eigenvalue weighted by atomic mass is 16.4. The molecule has 2 N–H and O–H groups in total. The van der Waals surface area contributed by atoms with Crippen molar-refractivity contribution >= 4 is 11.9 Å². The highest BCUT2D eigenvalue weighted by molar-refractivity contribution is 5.83. The SMILES string of the molecule is CCC(CC)(CNC(=O)C1[C@H]2CCC[C@H]12)C(=O)O. The molecule has 4 nitrogen and oxygen atoms in total. The van der Waals surface area contributed by atoms with Crippen LogP contribution in [0.4, 0.5) is 0 Å². The molecular weight excluding hydrogens is 230 g/mol. The molecule has 0 aromatic heterocycles. The fraction of sp³-hybridized carbons (Fsp3) is 0.857. The van der Waals surface area contributed by atoms with Gasteiger partial charge in [0.2, 0.25) is 5.91 Å². The minimum absolute atomic E-state index is 0.0808. The summed E-state index contributed by atoms with van der Waals surface area (Å²) in [4.78, 5) is 23.3. The van der Waals surface area contributed by atoms with Crippen LogP contribution < -0.4 is 5.32 Å². The lowest BCUT2D eigenvalue weighted by Crippen LogP contribution is -2.43. The number of fused-ring (bicyclic) bond motifs is 1. The van der Waals surface area contributed by atoms with E-state index < -0.39 is 11.4 Å². The molecule has 0 heterocycles. The monoisotopic (exact) mass is 253 g/mol. The minimum atomic E-state index is -0.802. The molecule has 0 aliphatic heterocycles. The van der Waals surface area contributed by atoms with Gasteiger partial charge >= 0.3 is 5.97 Å². The zero-order valence-corrected chi connectivity index (χ0v) is 11.2. The molecule has 2 rings (SSSR count). The van der Waals surface area contributed by atoms with Crippen molar-refractivity contribution in [1.29, 1.82) is 0 Å². The Bertz CT molecular complexity index is 339. The van der Waals surface area contributed by atoms with Gasteiger partial charge < -0.3 is 10.4 Å². The normalized spacial score (nSPS) is 29.8. The zero-order chi connectivity index (χ0) is 13.3. The molecule has 2 saturated carbocycles. The van der Waals surface area contributed by atoms with E-state index in [4.69, 9.17) is 0 Å². The van der Waals surface area contributed by atoms with Crippen LogP contribution >= 0.6 is 0 Å². The predicted molar refractivity (Wildman–Crippen MR) is 68.0 cm³/mol. The maximum atomic E-state index is 12.0. The second-order valence-electron chi connectivity index (χ2n) is 5.79. The molecule has 2 fully saturated rings. The lowest BCUT2D eigenvalue weighted by Gasteiger charge is -2.27. The number of carbonyl (C=O) groups is 2. The lowest BCUT2D eigenvalue weighted by molar-refractivity contribution is -0.149. The molecule has 2 atom stereocenters. The molecule has 0 radical (unpaired) electrons.